The Bertz CT molecular complexity index is 737. The Balaban J connectivity index is 2.40. The Morgan fingerprint density at radius 2 is 1.95 bits per heavy atom. The summed E-state index contributed by atoms with van der Waals surface area (Å²) in [6.45, 7) is 1.69. The van der Waals surface area contributed by atoms with Crippen LogP contribution >= 0.6 is 11.6 Å². The van der Waals surface area contributed by atoms with Gasteiger partial charge in [0.2, 0.25) is 17.4 Å². The Morgan fingerprint density at radius 3 is 2.52 bits per heavy atom. The largest absolute Gasteiger partial charge is 0.501 e. The fraction of sp³-hybridized carbons (Fsp3) is 0.231. The molecule has 114 valence electrons. The van der Waals surface area contributed by atoms with E-state index in [4.69, 9.17) is 25.9 Å². The lowest BCUT2D eigenvalue weighted by Crippen LogP contribution is -2.13. The van der Waals surface area contributed by atoms with Crippen LogP contribution in [-0.4, -0.2) is 19.3 Å². The number of aromatic hydroxyl groups is 1. The SMILES string of the molecule is CCCS(=O)(=O)Oc1c(N)oc(-c2ccc(Cl)cc2)c1O. The molecule has 0 spiro atoms. The van der Waals surface area contributed by atoms with Crippen LogP contribution in [0, 0.1) is 0 Å². The molecule has 2 rings (SSSR count). The molecule has 0 fully saturated rings. The highest BCUT2D eigenvalue weighted by Gasteiger charge is 2.25. The lowest BCUT2D eigenvalue weighted by atomic mass is 10.1. The molecule has 1 heterocycles. The van der Waals surface area contributed by atoms with E-state index in [1.807, 2.05) is 0 Å². The van der Waals surface area contributed by atoms with Gasteiger partial charge in [0.1, 0.15) is 0 Å². The molecule has 21 heavy (non-hydrogen) atoms. The molecule has 0 bridgehead atoms. The van der Waals surface area contributed by atoms with Crippen molar-refractivity contribution < 1.29 is 22.1 Å². The minimum absolute atomic E-state index is 0.0193. The number of rotatable bonds is 5. The van der Waals surface area contributed by atoms with Crippen LogP contribution in [0.4, 0.5) is 5.88 Å². The maximum Gasteiger partial charge on any atom is 0.309 e. The van der Waals surface area contributed by atoms with Gasteiger partial charge in [-0.3, -0.25) is 0 Å². The molecule has 0 unspecified atom stereocenters. The average molecular weight is 332 g/mol. The van der Waals surface area contributed by atoms with E-state index in [-0.39, 0.29) is 17.4 Å². The maximum absolute atomic E-state index is 11.6. The fourth-order valence-corrected chi connectivity index (χ4v) is 2.84. The summed E-state index contributed by atoms with van der Waals surface area (Å²) < 4.78 is 33.3. The van der Waals surface area contributed by atoms with E-state index in [2.05, 4.69) is 0 Å². The molecule has 0 saturated heterocycles. The van der Waals surface area contributed by atoms with Gasteiger partial charge in [0.05, 0.1) is 5.75 Å². The summed E-state index contributed by atoms with van der Waals surface area (Å²) in [6, 6.07) is 6.40. The van der Waals surface area contributed by atoms with Gasteiger partial charge in [0, 0.05) is 10.6 Å². The standard InChI is InChI=1S/C13H14ClNO5S/c1-2-7-21(17,18)20-12-10(16)11(19-13(12)15)8-3-5-9(14)6-4-8/h3-6,16H,2,7,15H2,1H3. The molecule has 3 N–H and O–H groups in total. The van der Waals surface area contributed by atoms with Crippen LogP contribution in [0.25, 0.3) is 11.3 Å². The van der Waals surface area contributed by atoms with Crippen molar-refractivity contribution in [3.8, 4) is 22.8 Å². The number of benzene rings is 1. The molecule has 0 atom stereocenters. The van der Waals surface area contributed by atoms with Gasteiger partial charge in [-0.2, -0.15) is 8.42 Å². The van der Waals surface area contributed by atoms with Gasteiger partial charge in [-0.25, -0.2) is 0 Å². The van der Waals surface area contributed by atoms with Crippen molar-refractivity contribution in [2.75, 3.05) is 11.5 Å². The first-order valence-electron chi connectivity index (χ1n) is 6.13. The molecule has 0 radical (unpaired) electrons. The van der Waals surface area contributed by atoms with E-state index in [1.165, 1.54) is 0 Å². The molecule has 0 aliphatic rings. The number of anilines is 1. The van der Waals surface area contributed by atoms with Gasteiger partial charge in [0.15, 0.2) is 5.76 Å². The van der Waals surface area contributed by atoms with Crippen molar-refractivity contribution in [3.63, 3.8) is 0 Å². The highest BCUT2D eigenvalue weighted by Crippen LogP contribution is 2.45. The summed E-state index contributed by atoms with van der Waals surface area (Å²) in [5, 5.41) is 10.6. The van der Waals surface area contributed by atoms with Crippen molar-refractivity contribution in [2.24, 2.45) is 0 Å². The first kappa shape index (κ1) is 15.5. The normalized spacial score (nSPS) is 11.5. The Labute approximate surface area is 127 Å². The van der Waals surface area contributed by atoms with Crippen molar-refractivity contribution in [3.05, 3.63) is 29.3 Å². The highest BCUT2D eigenvalue weighted by molar-refractivity contribution is 7.87. The Kier molecular flexibility index (Phi) is 4.34. The molecule has 1 aromatic heterocycles. The minimum atomic E-state index is -3.83. The summed E-state index contributed by atoms with van der Waals surface area (Å²) in [4.78, 5) is 0. The van der Waals surface area contributed by atoms with Crippen molar-refractivity contribution in [1.29, 1.82) is 0 Å². The molecule has 2 aromatic rings. The molecule has 0 saturated carbocycles. The maximum atomic E-state index is 11.6. The zero-order chi connectivity index (χ0) is 15.6. The third-order valence-corrected chi connectivity index (χ3v) is 4.22. The van der Waals surface area contributed by atoms with E-state index in [0.717, 1.165) is 0 Å². The molecular weight excluding hydrogens is 318 g/mol. The van der Waals surface area contributed by atoms with Crippen LogP contribution < -0.4 is 9.92 Å². The Morgan fingerprint density at radius 1 is 1.33 bits per heavy atom. The number of furan rings is 1. The number of hydrogen-bond acceptors (Lipinski definition) is 6. The molecule has 6 nitrogen and oxygen atoms in total. The van der Waals surface area contributed by atoms with E-state index in [9.17, 15) is 13.5 Å². The third kappa shape index (κ3) is 3.43. The van der Waals surface area contributed by atoms with Gasteiger partial charge >= 0.3 is 10.1 Å². The zero-order valence-corrected chi connectivity index (χ0v) is 12.7. The number of nitrogen functional groups attached to an aromatic ring is 1. The molecule has 0 amide bonds. The summed E-state index contributed by atoms with van der Waals surface area (Å²) in [5.41, 5.74) is 6.06. The first-order chi connectivity index (χ1) is 9.84. The van der Waals surface area contributed by atoms with Gasteiger partial charge in [0.25, 0.3) is 0 Å². The van der Waals surface area contributed by atoms with Gasteiger partial charge in [-0.05, 0) is 30.7 Å². The van der Waals surface area contributed by atoms with Crippen LogP contribution in [-0.2, 0) is 10.1 Å². The lowest BCUT2D eigenvalue weighted by Gasteiger charge is -2.04. The van der Waals surface area contributed by atoms with Gasteiger partial charge in [-0.15, -0.1) is 0 Å². The van der Waals surface area contributed by atoms with Crippen molar-refractivity contribution in [2.45, 2.75) is 13.3 Å². The van der Waals surface area contributed by atoms with Crippen LogP contribution in [0.5, 0.6) is 11.5 Å². The summed E-state index contributed by atoms with van der Waals surface area (Å²) in [6.07, 6.45) is 0.380. The monoisotopic (exact) mass is 331 g/mol. The van der Waals surface area contributed by atoms with Crippen LogP contribution in [0.2, 0.25) is 5.02 Å². The Hall–Kier alpha value is -1.86. The topological polar surface area (TPSA) is 103 Å². The summed E-state index contributed by atoms with van der Waals surface area (Å²) in [5.74, 6) is -1.33. The number of halogens is 1. The van der Waals surface area contributed by atoms with E-state index < -0.39 is 21.6 Å². The zero-order valence-electron chi connectivity index (χ0n) is 11.2. The second-order valence-electron chi connectivity index (χ2n) is 4.33. The molecule has 1 aromatic carbocycles. The van der Waals surface area contributed by atoms with E-state index in [0.29, 0.717) is 17.0 Å². The second kappa shape index (κ2) is 5.87. The molecule has 0 aliphatic carbocycles. The van der Waals surface area contributed by atoms with E-state index >= 15 is 0 Å². The predicted octanol–water partition coefficient (Wildman–Crippen LogP) is 3.01. The third-order valence-electron chi connectivity index (χ3n) is 2.64. The van der Waals surface area contributed by atoms with Gasteiger partial charge in [-0.1, -0.05) is 18.5 Å². The average Bonchev–Trinajstić information content (AvgIpc) is 2.67. The highest BCUT2D eigenvalue weighted by atomic mass is 35.5. The fourth-order valence-electron chi connectivity index (χ4n) is 1.72. The smallest absolute Gasteiger partial charge is 0.309 e. The van der Waals surface area contributed by atoms with Crippen molar-refractivity contribution in [1.82, 2.24) is 0 Å². The van der Waals surface area contributed by atoms with Crippen LogP contribution in [0.15, 0.2) is 28.7 Å². The quantitative estimate of drug-likeness (QED) is 0.816. The number of hydrogen-bond donors (Lipinski definition) is 2. The second-order valence-corrected chi connectivity index (χ2v) is 6.45. The van der Waals surface area contributed by atoms with Gasteiger partial charge < -0.3 is 19.4 Å². The van der Waals surface area contributed by atoms with Crippen LogP contribution in [0.1, 0.15) is 13.3 Å². The predicted molar refractivity (Wildman–Crippen MR) is 79.9 cm³/mol. The molecular formula is C13H14ClNO5S. The van der Waals surface area contributed by atoms with E-state index in [1.54, 1.807) is 31.2 Å². The summed E-state index contributed by atoms with van der Waals surface area (Å²) in [7, 11) is -3.83. The summed E-state index contributed by atoms with van der Waals surface area (Å²) >= 11 is 5.78. The first-order valence-corrected chi connectivity index (χ1v) is 8.09. The number of nitrogens with two attached hydrogens (primary N) is 1. The minimum Gasteiger partial charge on any atom is -0.501 e. The molecule has 8 heteroatoms. The lowest BCUT2D eigenvalue weighted by molar-refractivity contribution is 0.432. The van der Waals surface area contributed by atoms with Crippen molar-refractivity contribution >= 4 is 27.6 Å². The molecule has 0 aliphatic heterocycles. The van der Waals surface area contributed by atoms with Crippen LogP contribution in [0.3, 0.4) is 0 Å².